The number of piperidine rings is 1. The first-order valence-corrected chi connectivity index (χ1v) is 10.4. The van der Waals surface area contributed by atoms with Gasteiger partial charge in [-0.2, -0.15) is 0 Å². The number of nitro benzene ring substituents is 1. The van der Waals surface area contributed by atoms with Gasteiger partial charge < -0.3 is 15.0 Å². The number of aliphatic carboxylic acids is 1. The second-order valence-electron chi connectivity index (χ2n) is 7.03. The monoisotopic (exact) mass is 424 g/mol. The van der Waals surface area contributed by atoms with Gasteiger partial charge in [-0.1, -0.05) is 18.2 Å². The third-order valence-electron chi connectivity index (χ3n) is 4.98. The maximum absolute atomic E-state index is 11.8. The molecule has 0 atom stereocenters. The number of fused-ring (bicyclic) bond motifs is 1. The summed E-state index contributed by atoms with van der Waals surface area (Å²) in [7, 11) is 0. The van der Waals surface area contributed by atoms with E-state index in [1.165, 1.54) is 12.1 Å². The average molecular weight is 424 g/mol. The van der Waals surface area contributed by atoms with Crippen LogP contribution >= 0.6 is 11.8 Å². The van der Waals surface area contributed by atoms with Crippen molar-refractivity contribution in [1.29, 1.82) is 0 Å². The van der Waals surface area contributed by atoms with E-state index in [9.17, 15) is 20.0 Å². The molecule has 0 aliphatic carbocycles. The van der Waals surface area contributed by atoms with Gasteiger partial charge in [0.05, 0.1) is 16.0 Å². The molecule has 8 nitrogen and oxygen atoms in total. The summed E-state index contributed by atoms with van der Waals surface area (Å²) in [4.78, 5) is 32.5. The summed E-state index contributed by atoms with van der Waals surface area (Å²) in [6, 6.07) is 12.3. The Balaban J connectivity index is 1.65. The quantitative estimate of drug-likeness (QED) is 0.256. The number of para-hydroxylation sites is 2. The molecule has 3 aromatic rings. The number of thioether (sulfide) groups is 1. The number of nitrogens with zero attached hydrogens (tertiary/aromatic N) is 3. The van der Waals surface area contributed by atoms with Gasteiger partial charge in [0.25, 0.3) is 5.69 Å². The Morgan fingerprint density at radius 3 is 2.67 bits per heavy atom. The number of H-pyrrole nitrogens is 1. The smallest absolute Gasteiger partial charge is 0.342 e. The van der Waals surface area contributed by atoms with Gasteiger partial charge in [-0.3, -0.25) is 10.1 Å². The van der Waals surface area contributed by atoms with Crippen LogP contribution < -0.4 is 4.90 Å². The van der Waals surface area contributed by atoms with Gasteiger partial charge in [0.2, 0.25) is 0 Å². The lowest BCUT2D eigenvalue weighted by Crippen LogP contribution is -2.29. The summed E-state index contributed by atoms with van der Waals surface area (Å²) in [6.07, 6.45) is 4.59. The van der Waals surface area contributed by atoms with Crippen LogP contribution in [0.4, 0.5) is 11.4 Å². The van der Waals surface area contributed by atoms with Crippen molar-refractivity contribution in [2.45, 2.75) is 24.4 Å². The number of hydrogen-bond donors (Lipinski definition) is 2. The van der Waals surface area contributed by atoms with E-state index in [4.69, 9.17) is 0 Å². The van der Waals surface area contributed by atoms with Crippen LogP contribution in [0.2, 0.25) is 0 Å². The van der Waals surface area contributed by atoms with E-state index >= 15 is 0 Å². The molecule has 154 valence electrons. The van der Waals surface area contributed by atoms with Gasteiger partial charge in [-0.05, 0) is 60.9 Å². The van der Waals surface area contributed by atoms with Crippen LogP contribution in [-0.2, 0) is 4.79 Å². The third kappa shape index (κ3) is 4.30. The number of carboxylic acid groups (broad SMARTS) is 1. The molecule has 0 saturated carbocycles. The van der Waals surface area contributed by atoms with Crippen molar-refractivity contribution in [3.05, 3.63) is 63.0 Å². The van der Waals surface area contributed by atoms with E-state index in [0.29, 0.717) is 16.4 Å². The SMILES string of the molecule is O=C(O)/C(=C\c1ccc(N2CCCCC2)c([N+](=O)[O-])c1)Sc1nc2ccccc2[nH]1. The van der Waals surface area contributed by atoms with E-state index in [0.717, 1.165) is 55.1 Å². The molecule has 1 saturated heterocycles. The normalized spacial score (nSPS) is 14.8. The van der Waals surface area contributed by atoms with Gasteiger partial charge in [0.1, 0.15) is 10.6 Å². The number of carboxylic acids is 1. The minimum atomic E-state index is -1.12. The predicted octanol–water partition coefficient (Wildman–Crippen LogP) is 4.68. The number of imidazole rings is 1. The molecular weight excluding hydrogens is 404 g/mol. The second kappa shape index (κ2) is 8.58. The van der Waals surface area contributed by atoms with Gasteiger partial charge in [-0.25, -0.2) is 9.78 Å². The van der Waals surface area contributed by atoms with Crippen molar-refractivity contribution in [3.8, 4) is 0 Å². The van der Waals surface area contributed by atoms with Crippen LogP contribution in [-0.4, -0.2) is 39.1 Å². The van der Waals surface area contributed by atoms with E-state index < -0.39 is 10.9 Å². The number of benzene rings is 2. The van der Waals surface area contributed by atoms with Crippen molar-refractivity contribution in [2.75, 3.05) is 18.0 Å². The van der Waals surface area contributed by atoms with Crippen molar-refractivity contribution >= 4 is 46.2 Å². The molecule has 1 aliphatic rings. The van der Waals surface area contributed by atoms with Crippen LogP contribution in [0.15, 0.2) is 52.5 Å². The van der Waals surface area contributed by atoms with Gasteiger partial charge in [0, 0.05) is 19.2 Å². The summed E-state index contributed by atoms with van der Waals surface area (Å²) >= 11 is 0.979. The molecule has 1 fully saturated rings. The summed E-state index contributed by atoms with van der Waals surface area (Å²) in [5.41, 5.74) is 2.59. The number of anilines is 1. The number of rotatable bonds is 6. The Labute approximate surface area is 176 Å². The molecule has 1 aliphatic heterocycles. The van der Waals surface area contributed by atoms with Gasteiger partial charge in [0.15, 0.2) is 5.16 Å². The molecule has 2 aromatic carbocycles. The zero-order chi connectivity index (χ0) is 21.1. The lowest BCUT2D eigenvalue weighted by Gasteiger charge is -2.28. The van der Waals surface area contributed by atoms with Crippen LogP contribution in [0, 0.1) is 10.1 Å². The molecule has 0 bridgehead atoms. The van der Waals surface area contributed by atoms with E-state index in [2.05, 4.69) is 9.97 Å². The molecule has 0 amide bonds. The number of aromatic amines is 1. The van der Waals surface area contributed by atoms with Crippen molar-refractivity contribution < 1.29 is 14.8 Å². The fraction of sp³-hybridized carbons (Fsp3) is 0.238. The van der Waals surface area contributed by atoms with Crippen LogP contribution in [0.25, 0.3) is 17.1 Å². The van der Waals surface area contributed by atoms with Crippen LogP contribution in [0.5, 0.6) is 0 Å². The zero-order valence-electron chi connectivity index (χ0n) is 16.1. The number of nitrogens with one attached hydrogen (secondary N) is 1. The Morgan fingerprint density at radius 2 is 1.97 bits per heavy atom. The first-order valence-electron chi connectivity index (χ1n) is 9.62. The van der Waals surface area contributed by atoms with Crippen LogP contribution in [0.1, 0.15) is 24.8 Å². The first kappa shape index (κ1) is 20.0. The second-order valence-corrected chi connectivity index (χ2v) is 8.06. The molecule has 9 heteroatoms. The molecule has 30 heavy (non-hydrogen) atoms. The molecule has 4 rings (SSSR count). The third-order valence-corrected chi connectivity index (χ3v) is 5.87. The van der Waals surface area contributed by atoms with E-state index in [-0.39, 0.29) is 10.6 Å². The van der Waals surface area contributed by atoms with Crippen LogP contribution in [0.3, 0.4) is 0 Å². The molecule has 0 spiro atoms. The number of aromatic nitrogens is 2. The van der Waals surface area contributed by atoms with E-state index in [1.807, 2.05) is 29.2 Å². The fourth-order valence-corrected chi connectivity index (χ4v) is 4.34. The Bertz CT molecular complexity index is 1100. The standard InChI is InChI=1S/C21H20N4O4S/c26-20(27)19(30-21-22-15-6-2-3-7-16(15)23-21)13-14-8-9-17(18(12-14)25(28)29)24-10-4-1-5-11-24/h2-3,6-9,12-13H,1,4-5,10-11H2,(H,22,23)(H,26,27)/b19-13+. The zero-order valence-corrected chi connectivity index (χ0v) is 16.9. The van der Waals surface area contributed by atoms with Crippen molar-refractivity contribution in [3.63, 3.8) is 0 Å². The fourth-order valence-electron chi connectivity index (χ4n) is 3.55. The highest BCUT2D eigenvalue weighted by molar-refractivity contribution is 8.04. The predicted molar refractivity (Wildman–Crippen MR) is 117 cm³/mol. The van der Waals surface area contributed by atoms with Gasteiger partial charge in [-0.15, -0.1) is 0 Å². The lowest BCUT2D eigenvalue weighted by molar-refractivity contribution is -0.384. The Morgan fingerprint density at radius 1 is 1.20 bits per heavy atom. The maximum atomic E-state index is 11.8. The summed E-state index contributed by atoms with van der Waals surface area (Å²) < 4.78 is 0. The maximum Gasteiger partial charge on any atom is 0.342 e. The molecular formula is C21H20N4O4S. The molecule has 0 unspecified atom stereocenters. The molecule has 0 radical (unpaired) electrons. The van der Waals surface area contributed by atoms with Crippen molar-refractivity contribution in [1.82, 2.24) is 9.97 Å². The molecule has 1 aromatic heterocycles. The largest absolute Gasteiger partial charge is 0.477 e. The molecule has 2 N–H and O–H groups in total. The van der Waals surface area contributed by atoms with Gasteiger partial charge >= 0.3 is 5.97 Å². The molecule has 2 heterocycles. The van der Waals surface area contributed by atoms with E-state index in [1.54, 1.807) is 12.1 Å². The average Bonchev–Trinajstić information content (AvgIpc) is 3.16. The van der Waals surface area contributed by atoms with Crippen molar-refractivity contribution in [2.24, 2.45) is 0 Å². The lowest BCUT2D eigenvalue weighted by atomic mass is 10.1. The summed E-state index contributed by atoms with van der Waals surface area (Å²) in [5.74, 6) is -1.12. The highest BCUT2D eigenvalue weighted by atomic mass is 32.2. The highest BCUT2D eigenvalue weighted by Crippen LogP contribution is 2.33. The number of hydrogen-bond acceptors (Lipinski definition) is 6. The summed E-state index contributed by atoms with van der Waals surface area (Å²) in [5, 5.41) is 21.7. The Kier molecular flexibility index (Phi) is 5.71. The number of carbonyl (C=O) groups is 1. The minimum absolute atomic E-state index is 0.0101. The topological polar surface area (TPSA) is 112 Å². The first-order chi connectivity index (χ1) is 14.5. The number of nitro groups is 1. The summed E-state index contributed by atoms with van der Waals surface area (Å²) in [6.45, 7) is 1.58. The minimum Gasteiger partial charge on any atom is -0.477 e. The highest BCUT2D eigenvalue weighted by Gasteiger charge is 2.22. The Hall–Kier alpha value is -3.33.